The lowest BCUT2D eigenvalue weighted by Crippen LogP contribution is -2.17. The molecule has 0 saturated carbocycles. The SMILES string of the molecule is Fc1ccc(NCC2CCNC2)cc1F. The summed E-state index contributed by atoms with van der Waals surface area (Å²) in [6, 6.07) is 3.89. The van der Waals surface area contributed by atoms with Gasteiger partial charge in [-0.05, 0) is 43.6 Å². The third-order valence-corrected chi connectivity index (χ3v) is 2.68. The zero-order chi connectivity index (χ0) is 10.7. The normalized spacial score (nSPS) is 20.5. The molecular weight excluding hydrogens is 198 g/mol. The molecule has 82 valence electrons. The highest BCUT2D eigenvalue weighted by molar-refractivity contribution is 5.43. The minimum absolute atomic E-state index is 0.582. The van der Waals surface area contributed by atoms with Gasteiger partial charge in [0, 0.05) is 12.2 Å². The molecule has 1 saturated heterocycles. The molecule has 1 heterocycles. The predicted octanol–water partition coefficient (Wildman–Crippen LogP) is 1.99. The Hall–Kier alpha value is -1.16. The van der Waals surface area contributed by atoms with Crippen molar-refractivity contribution >= 4 is 5.69 Å². The Kier molecular flexibility index (Phi) is 3.16. The van der Waals surface area contributed by atoms with Crippen LogP contribution in [0.2, 0.25) is 0 Å². The number of hydrogen-bond donors (Lipinski definition) is 2. The topological polar surface area (TPSA) is 24.1 Å². The second-order valence-corrected chi connectivity index (χ2v) is 3.87. The fraction of sp³-hybridized carbons (Fsp3) is 0.455. The Bertz CT molecular complexity index is 335. The van der Waals surface area contributed by atoms with Crippen LogP contribution in [0, 0.1) is 17.6 Å². The smallest absolute Gasteiger partial charge is 0.160 e. The van der Waals surface area contributed by atoms with Crippen LogP contribution >= 0.6 is 0 Å². The summed E-state index contributed by atoms with van der Waals surface area (Å²) in [6.07, 6.45) is 1.14. The van der Waals surface area contributed by atoms with Gasteiger partial charge < -0.3 is 10.6 Å². The van der Waals surface area contributed by atoms with E-state index in [-0.39, 0.29) is 0 Å². The molecule has 1 aromatic rings. The number of benzene rings is 1. The first-order valence-electron chi connectivity index (χ1n) is 5.15. The van der Waals surface area contributed by atoms with E-state index in [0.29, 0.717) is 11.6 Å². The molecule has 0 aliphatic carbocycles. The lowest BCUT2D eigenvalue weighted by molar-refractivity contribution is 0.509. The zero-order valence-electron chi connectivity index (χ0n) is 8.39. The molecule has 1 unspecified atom stereocenters. The van der Waals surface area contributed by atoms with Crippen LogP contribution in [-0.2, 0) is 0 Å². The number of hydrogen-bond acceptors (Lipinski definition) is 2. The molecule has 1 aliphatic heterocycles. The van der Waals surface area contributed by atoms with E-state index in [1.165, 1.54) is 6.07 Å². The minimum Gasteiger partial charge on any atom is -0.385 e. The van der Waals surface area contributed by atoms with Gasteiger partial charge in [-0.3, -0.25) is 0 Å². The third kappa shape index (κ3) is 2.65. The zero-order valence-corrected chi connectivity index (χ0v) is 8.39. The summed E-state index contributed by atoms with van der Waals surface area (Å²) in [7, 11) is 0. The first kappa shape index (κ1) is 10.4. The van der Waals surface area contributed by atoms with E-state index in [1.807, 2.05) is 0 Å². The van der Waals surface area contributed by atoms with E-state index >= 15 is 0 Å². The van der Waals surface area contributed by atoms with Gasteiger partial charge in [0.15, 0.2) is 11.6 Å². The summed E-state index contributed by atoms with van der Waals surface area (Å²) in [4.78, 5) is 0. The van der Waals surface area contributed by atoms with Crippen molar-refractivity contribution in [3.8, 4) is 0 Å². The van der Waals surface area contributed by atoms with Crippen molar-refractivity contribution in [1.82, 2.24) is 5.32 Å². The molecule has 0 aromatic heterocycles. The monoisotopic (exact) mass is 212 g/mol. The summed E-state index contributed by atoms with van der Waals surface area (Å²) < 4.78 is 25.5. The Labute approximate surface area is 87.7 Å². The van der Waals surface area contributed by atoms with Crippen molar-refractivity contribution in [2.24, 2.45) is 5.92 Å². The van der Waals surface area contributed by atoms with Gasteiger partial charge in [0.1, 0.15) is 0 Å². The highest BCUT2D eigenvalue weighted by atomic mass is 19.2. The Balaban J connectivity index is 1.90. The number of nitrogens with one attached hydrogen (secondary N) is 2. The predicted molar refractivity (Wildman–Crippen MR) is 55.8 cm³/mol. The van der Waals surface area contributed by atoms with Gasteiger partial charge in [0.2, 0.25) is 0 Å². The van der Waals surface area contributed by atoms with Gasteiger partial charge in [0.25, 0.3) is 0 Å². The Morgan fingerprint density at radius 1 is 1.33 bits per heavy atom. The number of rotatable bonds is 3. The second kappa shape index (κ2) is 4.57. The third-order valence-electron chi connectivity index (χ3n) is 2.68. The van der Waals surface area contributed by atoms with Crippen LogP contribution in [0.1, 0.15) is 6.42 Å². The molecule has 4 heteroatoms. The van der Waals surface area contributed by atoms with Crippen LogP contribution in [-0.4, -0.2) is 19.6 Å². The molecule has 2 N–H and O–H groups in total. The molecule has 1 atom stereocenters. The average molecular weight is 212 g/mol. The van der Waals surface area contributed by atoms with E-state index in [9.17, 15) is 8.78 Å². The average Bonchev–Trinajstić information content (AvgIpc) is 2.73. The van der Waals surface area contributed by atoms with Crippen molar-refractivity contribution < 1.29 is 8.78 Å². The van der Waals surface area contributed by atoms with Gasteiger partial charge in [-0.15, -0.1) is 0 Å². The van der Waals surface area contributed by atoms with Crippen LogP contribution in [0.15, 0.2) is 18.2 Å². The molecule has 0 amide bonds. The molecule has 0 bridgehead atoms. The van der Waals surface area contributed by atoms with Crippen molar-refractivity contribution in [3.05, 3.63) is 29.8 Å². The maximum Gasteiger partial charge on any atom is 0.160 e. The van der Waals surface area contributed by atoms with Gasteiger partial charge in [-0.2, -0.15) is 0 Å². The standard InChI is InChI=1S/C11H14F2N2/c12-10-2-1-9(5-11(10)13)15-7-8-3-4-14-6-8/h1-2,5,8,14-15H,3-4,6-7H2. The molecule has 0 spiro atoms. The lowest BCUT2D eigenvalue weighted by Gasteiger charge is -2.11. The number of anilines is 1. The largest absolute Gasteiger partial charge is 0.385 e. The van der Waals surface area contributed by atoms with Crippen molar-refractivity contribution in [2.75, 3.05) is 25.0 Å². The molecular formula is C11H14F2N2. The van der Waals surface area contributed by atoms with Crippen molar-refractivity contribution in [2.45, 2.75) is 6.42 Å². The molecule has 1 fully saturated rings. The molecule has 2 nitrogen and oxygen atoms in total. The van der Waals surface area contributed by atoms with Gasteiger partial charge in [-0.25, -0.2) is 8.78 Å². The van der Waals surface area contributed by atoms with E-state index in [0.717, 1.165) is 32.1 Å². The number of halogens is 2. The van der Waals surface area contributed by atoms with E-state index in [1.54, 1.807) is 6.07 Å². The van der Waals surface area contributed by atoms with Crippen LogP contribution in [0.5, 0.6) is 0 Å². The summed E-state index contributed by atoms with van der Waals surface area (Å²) >= 11 is 0. The quantitative estimate of drug-likeness (QED) is 0.800. The Morgan fingerprint density at radius 3 is 2.87 bits per heavy atom. The van der Waals surface area contributed by atoms with Crippen molar-refractivity contribution in [1.29, 1.82) is 0 Å². The van der Waals surface area contributed by atoms with Crippen LogP contribution in [0.3, 0.4) is 0 Å². The van der Waals surface area contributed by atoms with E-state index in [2.05, 4.69) is 10.6 Å². The minimum atomic E-state index is -0.803. The van der Waals surface area contributed by atoms with Gasteiger partial charge >= 0.3 is 0 Å². The molecule has 15 heavy (non-hydrogen) atoms. The first-order valence-corrected chi connectivity index (χ1v) is 5.15. The molecule has 1 aromatic carbocycles. The fourth-order valence-electron chi connectivity index (χ4n) is 1.76. The fourth-order valence-corrected chi connectivity index (χ4v) is 1.76. The lowest BCUT2D eigenvalue weighted by atomic mass is 10.1. The van der Waals surface area contributed by atoms with Gasteiger partial charge in [0.05, 0.1) is 0 Å². The first-order chi connectivity index (χ1) is 7.25. The summed E-state index contributed by atoms with van der Waals surface area (Å²) in [5.74, 6) is -1.02. The summed E-state index contributed by atoms with van der Waals surface area (Å²) in [5, 5.41) is 6.36. The highest BCUT2D eigenvalue weighted by Crippen LogP contribution is 2.15. The Morgan fingerprint density at radius 2 is 2.20 bits per heavy atom. The molecule has 2 rings (SSSR count). The van der Waals surface area contributed by atoms with Crippen molar-refractivity contribution in [3.63, 3.8) is 0 Å². The van der Waals surface area contributed by atoms with Crippen LogP contribution < -0.4 is 10.6 Å². The van der Waals surface area contributed by atoms with Crippen LogP contribution in [0.4, 0.5) is 14.5 Å². The van der Waals surface area contributed by atoms with Crippen LogP contribution in [0.25, 0.3) is 0 Å². The summed E-state index contributed by atoms with van der Waals surface area (Å²) in [5.41, 5.74) is 0.640. The van der Waals surface area contributed by atoms with E-state index < -0.39 is 11.6 Å². The maximum atomic E-state index is 12.9. The van der Waals surface area contributed by atoms with E-state index in [4.69, 9.17) is 0 Å². The van der Waals surface area contributed by atoms with Gasteiger partial charge in [-0.1, -0.05) is 0 Å². The molecule has 0 radical (unpaired) electrons. The second-order valence-electron chi connectivity index (χ2n) is 3.87. The molecule has 1 aliphatic rings. The summed E-state index contributed by atoms with van der Waals surface area (Å²) in [6.45, 7) is 2.85. The maximum absolute atomic E-state index is 12.9. The highest BCUT2D eigenvalue weighted by Gasteiger charge is 2.13.